The highest BCUT2D eigenvalue weighted by Gasteiger charge is 2.27. The van der Waals surface area contributed by atoms with Crippen molar-refractivity contribution in [1.82, 2.24) is 14.7 Å². The van der Waals surface area contributed by atoms with Crippen LogP contribution >= 0.6 is 0 Å². The van der Waals surface area contributed by atoms with E-state index in [1.807, 2.05) is 6.92 Å². The van der Waals surface area contributed by atoms with E-state index < -0.39 is 12.6 Å². The summed E-state index contributed by atoms with van der Waals surface area (Å²) in [6.07, 6.45) is 3.13. The summed E-state index contributed by atoms with van der Waals surface area (Å²) in [6.45, 7) is 7.90. The third kappa shape index (κ3) is 7.22. The van der Waals surface area contributed by atoms with Crippen LogP contribution in [-0.2, 0) is 4.79 Å². The topological polar surface area (TPSA) is 67.4 Å². The third-order valence-electron chi connectivity index (χ3n) is 4.12. The molecule has 0 aliphatic carbocycles. The summed E-state index contributed by atoms with van der Waals surface area (Å²) in [7, 11) is 1.57. The molecule has 0 bridgehead atoms. The number of rotatable bonds is 10. The molecule has 1 heterocycles. The van der Waals surface area contributed by atoms with Crippen molar-refractivity contribution in [3.63, 3.8) is 0 Å². The quantitative estimate of drug-likeness (QED) is 0.613. The SMILES string of the molecule is C=C/C(=C\C=C/N)n1cc(N(CC)C(=O)CCN(C)CCC(F)(F)F)c(C)n1. The lowest BCUT2D eigenvalue weighted by atomic mass is 10.2. The predicted octanol–water partition coefficient (Wildman–Crippen LogP) is 3.32. The van der Waals surface area contributed by atoms with Crippen molar-refractivity contribution < 1.29 is 18.0 Å². The van der Waals surface area contributed by atoms with Gasteiger partial charge >= 0.3 is 6.18 Å². The van der Waals surface area contributed by atoms with Gasteiger partial charge in [0.1, 0.15) is 0 Å². The highest BCUT2D eigenvalue weighted by Crippen LogP contribution is 2.22. The zero-order valence-electron chi connectivity index (χ0n) is 16.5. The smallest absolute Gasteiger partial charge is 0.390 e. The van der Waals surface area contributed by atoms with Crippen molar-refractivity contribution in [2.45, 2.75) is 32.9 Å². The average molecular weight is 399 g/mol. The molecule has 0 atom stereocenters. The molecule has 6 nitrogen and oxygen atoms in total. The fraction of sp³-hybridized carbons (Fsp3) is 0.474. The first kappa shape index (κ1) is 23.5. The lowest BCUT2D eigenvalue weighted by Crippen LogP contribution is -2.34. The summed E-state index contributed by atoms with van der Waals surface area (Å²) in [5.74, 6) is -0.171. The van der Waals surface area contributed by atoms with Crippen LogP contribution in [0.5, 0.6) is 0 Å². The number of amides is 1. The van der Waals surface area contributed by atoms with Gasteiger partial charge in [-0.05, 0) is 45.3 Å². The molecular formula is C19H28F3N5O. The molecule has 0 unspecified atom stereocenters. The molecule has 1 amide bonds. The van der Waals surface area contributed by atoms with Crippen LogP contribution in [0.25, 0.3) is 5.70 Å². The van der Waals surface area contributed by atoms with Crippen molar-refractivity contribution in [2.24, 2.45) is 5.73 Å². The first-order valence-corrected chi connectivity index (χ1v) is 8.96. The Kier molecular flexibility index (Phi) is 8.98. The van der Waals surface area contributed by atoms with Crippen LogP contribution in [0.3, 0.4) is 0 Å². The molecule has 9 heteroatoms. The number of carbonyl (C=O) groups is 1. The van der Waals surface area contributed by atoms with Gasteiger partial charge in [0.2, 0.25) is 5.91 Å². The molecule has 0 aliphatic heterocycles. The summed E-state index contributed by atoms with van der Waals surface area (Å²) in [5, 5.41) is 4.41. The molecule has 0 saturated carbocycles. The molecule has 1 aromatic rings. The summed E-state index contributed by atoms with van der Waals surface area (Å²) < 4.78 is 38.5. The van der Waals surface area contributed by atoms with E-state index in [0.717, 1.165) is 0 Å². The molecule has 0 saturated heterocycles. The molecule has 1 aromatic heterocycles. The number of allylic oxidation sites excluding steroid dienone is 4. The van der Waals surface area contributed by atoms with Crippen LogP contribution in [0, 0.1) is 6.92 Å². The molecular weight excluding hydrogens is 371 g/mol. The Morgan fingerprint density at radius 1 is 1.39 bits per heavy atom. The summed E-state index contributed by atoms with van der Waals surface area (Å²) in [5.41, 5.74) is 7.34. The molecule has 1 rings (SSSR count). The first-order valence-electron chi connectivity index (χ1n) is 8.96. The highest BCUT2D eigenvalue weighted by molar-refractivity contribution is 5.94. The highest BCUT2D eigenvalue weighted by atomic mass is 19.4. The molecule has 0 aliphatic rings. The molecule has 28 heavy (non-hydrogen) atoms. The lowest BCUT2D eigenvalue weighted by molar-refractivity contribution is -0.137. The maximum Gasteiger partial charge on any atom is 0.390 e. The van der Waals surface area contributed by atoms with Crippen LogP contribution in [0.15, 0.2) is 37.2 Å². The number of hydrogen-bond donors (Lipinski definition) is 1. The minimum atomic E-state index is -4.20. The average Bonchev–Trinajstić information content (AvgIpc) is 3.00. The lowest BCUT2D eigenvalue weighted by Gasteiger charge is -2.22. The van der Waals surface area contributed by atoms with Crippen LogP contribution in [0.1, 0.15) is 25.5 Å². The van der Waals surface area contributed by atoms with E-state index in [1.54, 1.807) is 48.0 Å². The zero-order valence-corrected chi connectivity index (χ0v) is 16.5. The number of alkyl halides is 3. The van der Waals surface area contributed by atoms with Gasteiger partial charge in [0.25, 0.3) is 0 Å². The maximum absolute atomic E-state index is 12.6. The van der Waals surface area contributed by atoms with Crippen LogP contribution in [0.2, 0.25) is 0 Å². The Morgan fingerprint density at radius 2 is 2.07 bits per heavy atom. The standard InChI is InChI=1S/C19H28F3N5O/c1-5-16(8-7-11-23)27-14-17(15(3)24-27)26(6-2)18(28)9-12-25(4)13-10-19(20,21)22/h5,7-8,11,14H,1,6,9-10,12-13,23H2,2-4H3/b11-7-,16-8+. The summed E-state index contributed by atoms with van der Waals surface area (Å²) in [4.78, 5) is 15.7. The van der Waals surface area contributed by atoms with Gasteiger partial charge in [-0.1, -0.05) is 6.58 Å². The van der Waals surface area contributed by atoms with E-state index in [0.29, 0.717) is 23.6 Å². The predicted molar refractivity (Wildman–Crippen MR) is 106 cm³/mol. The van der Waals surface area contributed by atoms with Crippen LogP contribution in [-0.4, -0.2) is 53.4 Å². The van der Waals surface area contributed by atoms with E-state index in [-0.39, 0.29) is 25.4 Å². The molecule has 0 fully saturated rings. The maximum atomic E-state index is 12.6. The van der Waals surface area contributed by atoms with Gasteiger partial charge in [-0.3, -0.25) is 4.79 Å². The van der Waals surface area contributed by atoms with Gasteiger partial charge in [0, 0.05) is 26.1 Å². The first-order chi connectivity index (χ1) is 13.1. The van der Waals surface area contributed by atoms with E-state index >= 15 is 0 Å². The number of nitrogens with zero attached hydrogens (tertiary/aromatic N) is 4. The number of carbonyl (C=O) groups excluding carboxylic acids is 1. The second-order valence-corrected chi connectivity index (χ2v) is 6.28. The normalized spacial score (nSPS) is 12.8. The van der Waals surface area contributed by atoms with Crippen molar-refractivity contribution in [3.05, 3.63) is 42.9 Å². The second kappa shape index (κ2) is 10.7. The van der Waals surface area contributed by atoms with Crippen molar-refractivity contribution >= 4 is 17.3 Å². The summed E-state index contributed by atoms with van der Waals surface area (Å²) in [6, 6.07) is 0. The summed E-state index contributed by atoms with van der Waals surface area (Å²) >= 11 is 0. The Morgan fingerprint density at radius 3 is 2.61 bits per heavy atom. The number of aryl methyl sites for hydroxylation is 1. The number of halogens is 3. The van der Waals surface area contributed by atoms with Gasteiger partial charge in [-0.2, -0.15) is 18.3 Å². The molecule has 2 N–H and O–H groups in total. The van der Waals surface area contributed by atoms with Gasteiger partial charge in [0.05, 0.1) is 29.7 Å². The zero-order chi connectivity index (χ0) is 21.3. The molecule has 0 spiro atoms. The third-order valence-corrected chi connectivity index (χ3v) is 4.12. The van der Waals surface area contributed by atoms with Gasteiger partial charge in [-0.25, -0.2) is 4.68 Å². The molecule has 0 radical (unpaired) electrons. The largest absolute Gasteiger partial charge is 0.405 e. The van der Waals surface area contributed by atoms with Gasteiger partial charge in [0.15, 0.2) is 0 Å². The Labute approximate surface area is 163 Å². The van der Waals surface area contributed by atoms with Gasteiger partial charge in [-0.15, -0.1) is 0 Å². The fourth-order valence-corrected chi connectivity index (χ4v) is 2.57. The fourth-order valence-electron chi connectivity index (χ4n) is 2.57. The van der Waals surface area contributed by atoms with E-state index in [2.05, 4.69) is 11.7 Å². The van der Waals surface area contributed by atoms with Gasteiger partial charge < -0.3 is 15.5 Å². The monoisotopic (exact) mass is 399 g/mol. The van der Waals surface area contributed by atoms with E-state index in [4.69, 9.17) is 5.73 Å². The van der Waals surface area contributed by atoms with Crippen molar-refractivity contribution in [3.8, 4) is 0 Å². The number of nitrogens with two attached hydrogens (primary N) is 1. The van der Waals surface area contributed by atoms with Crippen LogP contribution in [0.4, 0.5) is 18.9 Å². The Hall–Kier alpha value is -2.55. The Bertz CT molecular complexity index is 722. The molecule has 0 aromatic carbocycles. The van der Waals surface area contributed by atoms with E-state index in [9.17, 15) is 18.0 Å². The minimum absolute atomic E-state index is 0.118. The van der Waals surface area contributed by atoms with Crippen molar-refractivity contribution in [1.29, 1.82) is 0 Å². The number of aromatic nitrogens is 2. The van der Waals surface area contributed by atoms with E-state index in [1.165, 1.54) is 11.1 Å². The minimum Gasteiger partial charge on any atom is -0.405 e. The molecule has 156 valence electrons. The van der Waals surface area contributed by atoms with Crippen LogP contribution < -0.4 is 10.6 Å². The number of hydrogen-bond acceptors (Lipinski definition) is 4. The Balaban J connectivity index is 2.84. The number of anilines is 1. The van der Waals surface area contributed by atoms with Crippen molar-refractivity contribution in [2.75, 3.05) is 31.6 Å². The second-order valence-electron chi connectivity index (χ2n) is 6.28.